The molecule has 1 aliphatic rings. The third-order valence-electron chi connectivity index (χ3n) is 3.46. The Morgan fingerprint density at radius 1 is 1.11 bits per heavy atom. The third-order valence-corrected chi connectivity index (χ3v) is 3.46. The number of fused-ring (bicyclic) bond motifs is 1. The predicted molar refractivity (Wildman–Crippen MR) is 72.4 cm³/mol. The van der Waals surface area contributed by atoms with Gasteiger partial charge in [-0.15, -0.1) is 0 Å². The van der Waals surface area contributed by atoms with E-state index in [1.54, 1.807) is 7.11 Å². The van der Waals surface area contributed by atoms with Crippen molar-refractivity contribution in [1.82, 2.24) is 0 Å². The molecule has 0 aliphatic carbocycles. The number of benzene rings is 2. The molecule has 0 amide bonds. The number of ether oxygens (including phenoxy) is 2. The Morgan fingerprint density at radius 3 is 2.63 bits per heavy atom. The summed E-state index contributed by atoms with van der Waals surface area (Å²) in [6.45, 7) is 0. The molecule has 0 bridgehead atoms. The summed E-state index contributed by atoms with van der Waals surface area (Å²) in [6.07, 6.45) is -0.141. The van der Waals surface area contributed by atoms with Crippen molar-refractivity contribution in [2.75, 3.05) is 7.11 Å². The average molecular weight is 256 g/mol. The minimum Gasteiger partial charge on any atom is -0.496 e. The molecule has 2 aromatic carbocycles. The van der Waals surface area contributed by atoms with Crippen LogP contribution in [-0.4, -0.2) is 12.2 Å². The summed E-state index contributed by atoms with van der Waals surface area (Å²) in [4.78, 5) is 0. The van der Waals surface area contributed by atoms with Gasteiger partial charge in [0.2, 0.25) is 0 Å². The van der Waals surface area contributed by atoms with Crippen LogP contribution in [0.5, 0.6) is 11.5 Å². The normalized spacial score (nSPS) is 21.4. The van der Waals surface area contributed by atoms with Gasteiger partial charge in [-0.2, -0.15) is 0 Å². The van der Waals surface area contributed by atoms with Gasteiger partial charge < -0.3 is 14.6 Å². The molecule has 98 valence electrons. The molecule has 0 spiro atoms. The molecule has 1 aliphatic heterocycles. The first kappa shape index (κ1) is 12.1. The van der Waals surface area contributed by atoms with Crippen molar-refractivity contribution in [3.8, 4) is 11.5 Å². The van der Waals surface area contributed by atoms with Gasteiger partial charge in [-0.3, -0.25) is 0 Å². The molecule has 19 heavy (non-hydrogen) atoms. The number of aliphatic hydroxyl groups is 1. The molecule has 0 radical (unpaired) electrons. The maximum Gasteiger partial charge on any atom is 0.129 e. The van der Waals surface area contributed by atoms with E-state index in [0.29, 0.717) is 17.9 Å². The predicted octanol–water partition coefficient (Wildman–Crippen LogP) is 3.25. The highest BCUT2D eigenvalue weighted by Gasteiger charge is 2.30. The van der Waals surface area contributed by atoms with E-state index in [-0.39, 0.29) is 6.10 Å². The molecule has 2 atom stereocenters. The lowest BCUT2D eigenvalue weighted by molar-refractivity contribution is 0.0633. The minimum absolute atomic E-state index is 0.115. The van der Waals surface area contributed by atoms with Crippen LogP contribution >= 0.6 is 0 Å². The molecule has 0 unspecified atom stereocenters. The fourth-order valence-electron chi connectivity index (χ4n) is 2.53. The lowest BCUT2D eigenvalue weighted by Gasteiger charge is -2.30. The van der Waals surface area contributed by atoms with E-state index in [1.807, 2.05) is 48.5 Å². The van der Waals surface area contributed by atoms with Gasteiger partial charge in [-0.05, 0) is 17.7 Å². The first-order valence-corrected chi connectivity index (χ1v) is 6.36. The summed E-state index contributed by atoms with van der Waals surface area (Å²) in [6, 6.07) is 15.5. The molecule has 0 aromatic heterocycles. The van der Waals surface area contributed by atoms with E-state index < -0.39 is 6.10 Å². The van der Waals surface area contributed by atoms with Gasteiger partial charge in [0, 0.05) is 6.42 Å². The smallest absolute Gasteiger partial charge is 0.129 e. The fourth-order valence-corrected chi connectivity index (χ4v) is 2.53. The Kier molecular flexibility index (Phi) is 3.13. The van der Waals surface area contributed by atoms with Crippen molar-refractivity contribution in [2.24, 2.45) is 0 Å². The SMILES string of the molecule is COc1cccc2c1[C@H](O)C[C@@H](c1ccccc1)O2. The van der Waals surface area contributed by atoms with Gasteiger partial charge >= 0.3 is 0 Å². The Balaban J connectivity index is 1.97. The van der Waals surface area contributed by atoms with E-state index in [9.17, 15) is 5.11 Å². The summed E-state index contributed by atoms with van der Waals surface area (Å²) in [5.41, 5.74) is 1.83. The molecule has 1 N–H and O–H groups in total. The Labute approximate surface area is 112 Å². The van der Waals surface area contributed by atoms with Crippen LogP contribution < -0.4 is 9.47 Å². The molecular formula is C16H16O3. The zero-order chi connectivity index (χ0) is 13.2. The Morgan fingerprint density at radius 2 is 1.89 bits per heavy atom. The zero-order valence-corrected chi connectivity index (χ0v) is 10.7. The van der Waals surface area contributed by atoms with E-state index in [0.717, 1.165) is 11.1 Å². The second-order valence-electron chi connectivity index (χ2n) is 4.64. The van der Waals surface area contributed by atoms with Crippen LogP contribution in [0.2, 0.25) is 0 Å². The molecule has 0 saturated heterocycles. The summed E-state index contributed by atoms with van der Waals surface area (Å²) in [7, 11) is 1.60. The van der Waals surface area contributed by atoms with Crippen molar-refractivity contribution in [2.45, 2.75) is 18.6 Å². The van der Waals surface area contributed by atoms with Crippen molar-refractivity contribution >= 4 is 0 Å². The van der Waals surface area contributed by atoms with Gasteiger partial charge in [0.25, 0.3) is 0 Å². The molecular weight excluding hydrogens is 240 g/mol. The molecule has 3 rings (SSSR count). The first-order valence-electron chi connectivity index (χ1n) is 6.36. The van der Waals surface area contributed by atoms with Gasteiger partial charge in [0.15, 0.2) is 0 Å². The van der Waals surface area contributed by atoms with Gasteiger partial charge in [0.05, 0.1) is 18.8 Å². The third kappa shape index (κ3) is 2.17. The summed E-state index contributed by atoms with van der Waals surface area (Å²) < 4.78 is 11.3. The molecule has 0 fully saturated rings. The van der Waals surface area contributed by atoms with E-state index in [4.69, 9.17) is 9.47 Å². The van der Waals surface area contributed by atoms with Crippen molar-refractivity contribution in [1.29, 1.82) is 0 Å². The monoisotopic (exact) mass is 256 g/mol. The van der Waals surface area contributed by atoms with Crippen LogP contribution in [-0.2, 0) is 0 Å². The molecule has 2 aromatic rings. The lowest BCUT2D eigenvalue weighted by Crippen LogP contribution is -2.19. The van der Waals surface area contributed by atoms with Crippen molar-refractivity contribution in [3.63, 3.8) is 0 Å². The summed E-state index contributed by atoms with van der Waals surface area (Å²) in [5, 5.41) is 10.3. The highest BCUT2D eigenvalue weighted by molar-refractivity contribution is 5.48. The van der Waals surface area contributed by atoms with Crippen LogP contribution in [0.4, 0.5) is 0 Å². The number of aliphatic hydroxyl groups excluding tert-OH is 1. The molecule has 1 heterocycles. The average Bonchev–Trinajstić information content (AvgIpc) is 2.47. The van der Waals surface area contributed by atoms with Crippen LogP contribution in [0, 0.1) is 0 Å². The van der Waals surface area contributed by atoms with Gasteiger partial charge in [-0.25, -0.2) is 0 Å². The molecule has 3 nitrogen and oxygen atoms in total. The topological polar surface area (TPSA) is 38.7 Å². The lowest BCUT2D eigenvalue weighted by atomic mass is 9.94. The fraction of sp³-hybridized carbons (Fsp3) is 0.250. The highest BCUT2D eigenvalue weighted by Crippen LogP contribution is 2.44. The van der Waals surface area contributed by atoms with Crippen LogP contribution in [0.15, 0.2) is 48.5 Å². The Hall–Kier alpha value is -2.00. The zero-order valence-electron chi connectivity index (χ0n) is 10.7. The largest absolute Gasteiger partial charge is 0.496 e. The summed E-state index contributed by atoms with van der Waals surface area (Å²) >= 11 is 0. The standard InChI is InChI=1S/C16H16O3/c1-18-13-8-5-9-14-16(13)12(17)10-15(19-14)11-6-3-2-4-7-11/h2-9,12,15,17H,10H2,1H3/t12-,15+/m1/s1. The van der Waals surface area contributed by atoms with Crippen LogP contribution in [0.1, 0.15) is 29.8 Å². The second-order valence-corrected chi connectivity index (χ2v) is 4.64. The van der Waals surface area contributed by atoms with E-state index >= 15 is 0 Å². The number of hydrogen-bond acceptors (Lipinski definition) is 3. The van der Waals surface area contributed by atoms with Crippen molar-refractivity contribution in [3.05, 3.63) is 59.7 Å². The van der Waals surface area contributed by atoms with Crippen LogP contribution in [0.3, 0.4) is 0 Å². The number of hydrogen-bond donors (Lipinski definition) is 1. The van der Waals surface area contributed by atoms with E-state index in [1.165, 1.54) is 0 Å². The minimum atomic E-state index is -0.565. The van der Waals surface area contributed by atoms with E-state index in [2.05, 4.69) is 0 Å². The second kappa shape index (κ2) is 4.94. The molecule has 3 heteroatoms. The van der Waals surface area contributed by atoms with Crippen LogP contribution in [0.25, 0.3) is 0 Å². The maximum absolute atomic E-state index is 10.3. The first-order chi connectivity index (χ1) is 9.29. The quantitative estimate of drug-likeness (QED) is 0.896. The maximum atomic E-state index is 10.3. The van der Waals surface area contributed by atoms with Crippen molar-refractivity contribution < 1.29 is 14.6 Å². The summed E-state index contributed by atoms with van der Waals surface area (Å²) in [5.74, 6) is 1.38. The van der Waals surface area contributed by atoms with Gasteiger partial charge in [-0.1, -0.05) is 36.4 Å². The molecule has 0 saturated carbocycles. The highest BCUT2D eigenvalue weighted by atomic mass is 16.5. The van der Waals surface area contributed by atoms with Gasteiger partial charge in [0.1, 0.15) is 17.6 Å². The Bertz CT molecular complexity index is 565. The number of rotatable bonds is 2. The number of methoxy groups -OCH3 is 1.